The number of carboxylic acid groups (broad SMARTS) is 1. The number of alkyl halides is 6. The van der Waals surface area contributed by atoms with Gasteiger partial charge < -0.3 is 10.0 Å². The van der Waals surface area contributed by atoms with E-state index in [1.807, 2.05) is 19.9 Å². The Morgan fingerprint density at radius 1 is 1.15 bits per heavy atom. The van der Waals surface area contributed by atoms with Gasteiger partial charge in [-0.15, -0.1) is 0 Å². The van der Waals surface area contributed by atoms with Gasteiger partial charge >= 0.3 is 23.7 Å². The summed E-state index contributed by atoms with van der Waals surface area (Å²) in [5, 5.41) is 7.12. The molecule has 0 aliphatic carbocycles. The van der Waals surface area contributed by atoms with Crippen LogP contribution in [0.5, 0.6) is 0 Å². The zero-order valence-electron chi connectivity index (χ0n) is 17.5. The van der Waals surface area contributed by atoms with Crippen molar-refractivity contribution in [3.05, 3.63) is 53.9 Å². The number of aromatic nitrogens is 1. The van der Waals surface area contributed by atoms with Crippen molar-refractivity contribution in [2.24, 2.45) is 0 Å². The van der Waals surface area contributed by atoms with Crippen molar-refractivity contribution in [1.82, 2.24) is 9.88 Å². The van der Waals surface area contributed by atoms with Gasteiger partial charge in [0.25, 0.3) is 0 Å². The Kier molecular flexibility index (Phi) is 8.53. The van der Waals surface area contributed by atoms with E-state index < -0.39 is 17.7 Å². The molecule has 0 saturated carbocycles. The standard InChI is InChI=1S/C18H16F3N3OS2.C2HF3O2/c1-11-9-22-8-7-13(11)10-23-12(2)16(26)24(17(23)25)14-3-5-15(6-4-14)27-18(19,20)21;3-2(4,5)1(6)7/h3-9,12H,10H2,1-2H3;(H,6,7)/t12-;/m1./s1. The summed E-state index contributed by atoms with van der Waals surface area (Å²) in [6.07, 6.45) is -1.69. The van der Waals surface area contributed by atoms with Gasteiger partial charge in [0.2, 0.25) is 0 Å². The lowest BCUT2D eigenvalue weighted by Gasteiger charge is -2.21. The van der Waals surface area contributed by atoms with E-state index in [4.69, 9.17) is 22.1 Å². The fourth-order valence-corrected chi connectivity index (χ4v) is 3.66. The minimum atomic E-state index is -5.08. The number of carboxylic acids is 1. The van der Waals surface area contributed by atoms with E-state index >= 15 is 0 Å². The third-order valence-electron chi connectivity index (χ3n) is 4.53. The number of nitrogens with zero attached hydrogens (tertiary/aromatic N) is 3. The first-order valence-electron chi connectivity index (χ1n) is 9.32. The summed E-state index contributed by atoms with van der Waals surface area (Å²) in [6.45, 7) is 4.14. The number of benzene rings is 1. The first-order chi connectivity index (χ1) is 15.6. The summed E-state index contributed by atoms with van der Waals surface area (Å²) in [7, 11) is 0. The topological polar surface area (TPSA) is 73.7 Å². The average Bonchev–Trinajstić information content (AvgIpc) is 2.92. The minimum absolute atomic E-state index is 0.0566. The number of hydrogen-bond acceptors (Lipinski definition) is 5. The number of urea groups is 1. The molecule has 6 nitrogen and oxygen atoms in total. The molecule has 1 saturated heterocycles. The molecule has 34 heavy (non-hydrogen) atoms. The Labute approximate surface area is 199 Å². The second kappa shape index (κ2) is 10.6. The molecule has 0 spiro atoms. The maximum Gasteiger partial charge on any atom is 0.490 e. The summed E-state index contributed by atoms with van der Waals surface area (Å²) >= 11 is 5.24. The molecular formula is C20H17F6N3O3S2. The van der Waals surface area contributed by atoms with Crippen molar-refractivity contribution in [1.29, 1.82) is 0 Å². The van der Waals surface area contributed by atoms with Crippen molar-refractivity contribution in [3.8, 4) is 0 Å². The molecule has 1 atom stereocenters. The lowest BCUT2D eigenvalue weighted by atomic mass is 10.1. The second-order valence-electron chi connectivity index (χ2n) is 6.91. The Morgan fingerprint density at radius 2 is 1.71 bits per heavy atom. The first-order valence-corrected chi connectivity index (χ1v) is 10.5. The van der Waals surface area contributed by atoms with Gasteiger partial charge in [-0.25, -0.2) is 9.59 Å². The van der Waals surface area contributed by atoms with E-state index in [2.05, 4.69) is 4.98 Å². The van der Waals surface area contributed by atoms with Crippen LogP contribution in [0.4, 0.5) is 36.8 Å². The van der Waals surface area contributed by atoms with Crippen molar-refractivity contribution in [3.63, 3.8) is 0 Å². The number of anilines is 1. The largest absolute Gasteiger partial charge is 0.490 e. The van der Waals surface area contributed by atoms with Crippen molar-refractivity contribution in [2.75, 3.05) is 4.90 Å². The fourth-order valence-electron chi connectivity index (χ4n) is 2.81. The molecule has 2 aromatic rings. The molecule has 1 aliphatic heterocycles. The number of pyridine rings is 1. The average molecular weight is 525 g/mol. The van der Waals surface area contributed by atoms with Gasteiger partial charge in [-0.3, -0.25) is 9.88 Å². The highest BCUT2D eigenvalue weighted by molar-refractivity contribution is 8.00. The van der Waals surface area contributed by atoms with Crippen LogP contribution in [-0.4, -0.2) is 49.7 Å². The van der Waals surface area contributed by atoms with E-state index in [1.165, 1.54) is 29.2 Å². The zero-order valence-corrected chi connectivity index (χ0v) is 19.1. The van der Waals surface area contributed by atoms with Crippen LogP contribution < -0.4 is 4.90 Å². The van der Waals surface area contributed by atoms with Crippen LogP contribution in [-0.2, 0) is 11.3 Å². The van der Waals surface area contributed by atoms with Crippen LogP contribution in [0.15, 0.2) is 47.6 Å². The minimum Gasteiger partial charge on any atom is -0.475 e. The Bertz CT molecular complexity index is 1060. The molecule has 0 bridgehead atoms. The summed E-state index contributed by atoms with van der Waals surface area (Å²) in [6, 6.07) is 6.89. The summed E-state index contributed by atoms with van der Waals surface area (Å²) in [5.41, 5.74) is -1.96. The molecule has 0 unspecified atom stereocenters. The molecule has 1 N–H and O–H groups in total. The van der Waals surface area contributed by atoms with Crippen molar-refractivity contribution in [2.45, 2.75) is 43.0 Å². The Hall–Kier alpha value is -2.87. The molecule has 0 radical (unpaired) electrons. The number of aryl methyl sites for hydroxylation is 1. The second-order valence-corrected chi connectivity index (χ2v) is 8.46. The lowest BCUT2D eigenvalue weighted by molar-refractivity contribution is -0.192. The molecular weight excluding hydrogens is 508 g/mol. The van der Waals surface area contributed by atoms with Gasteiger partial charge in [0.15, 0.2) is 0 Å². The number of hydrogen-bond donors (Lipinski definition) is 1. The van der Waals surface area contributed by atoms with E-state index in [1.54, 1.807) is 17.3 Å². The number of thioether (sulfide) groups is 1. The smallest absolute Gasteiger partial charge is 0.475 e. The molecule has 2 heterocycles. The molecule has 1 aromatic heterocycles. The van der Waals surface area contributed by atoms with Gasteiger partial charge in [0.1, 0.15) is 4.99 Å². The third kappa shape index (κ3) is 7.06. The Morgan fingerprint density at radius 3 is 2.18 bits per heavy atom. The maximum atomic E-state index is 12.9. The van der Waals surface area contributed by atoms with E-state index in [-0.39, 0.29) is 28.7 Å². The van der Waals surface area contributed by atoms with Crippen molar-refractivity contribution >= 4 is 46.7 Å². The quantitative estimate of drug-likeness (QED) is 0.309. The van der Waals surface area contributed by atoms with Crippen molar-refractivity contribution < 1.29 is 41.0 Å². The number of carbonyl (C=O) groups excluding carboxylic acids is 1. The number of amides is 2. The molecule has 2 amide bonds. The van der Waals surface area contributed by atoms with Crippen LogP contribution in [0, 0.1) is 6.92 Å². The highest BCUT2D eigenvalue weighted by Crippen LogP contribution is 2.38. The summed E-state index contributed by atoms with van der Waals surface area (Å²) < 4.78 is 69.2. The lowest BCUT2D eigenvalue weighted by Crippen LogP contribution is -2.33. The highest BCUT2D eigenvalue weighted by atomic mass is 32.2. The number of aliphatic carboxylic acids is 1. The molecule has 184 valence electrons. The maximum absolute atomic E-state index is 12.9. The van der Waals surface area contributed by atoms with Crippen LogP contribution >= 0.6 is 24.0 Å². The number of thiocarbonyl (C=S) groups is 1. The van der Waals surface area contributed by atoms with Crippen LogP contribution in [0.3, 0.4) is 0 Å². The van der Waals surface area contributed by atoms with Crippen LogP contribution in [0.2, 0.25) is 0 Å². The SMILES string of the molecule is Cc1cnccc1CN1C(=O)N(c2ccc(SC(F)(F)F)cc2)C(=S)[C@H]1C.O=C(O)C(F)(F)F. The van der Waals surface area contributed by atoms with E-state index in [9.17, 15) is 31.1 Å². The predicted octanol–water partition coefficient (Wildman–Crippen LogP) is 5.79. The molecule has 1 aliphatic rings. The fraction of sp³-hybridized carbons (Fsp3) is 0.300. The molecule has 1 aromatic carbocycles. The van der Waals surface area contributed by atoms with E-state index in [0.29, 0.717) is 17.2 Å². The van der Waals surface area contributed by atoms with Gasteiger partial charge in [-0.05, 0) is 67.1 Å². The molecule has 3 rings (SSSR count). The number of carbonyl (C=O) groups is 2. The number of rotatable bonds is 4. The number of halogens is 6. The summed E-state index contributed by atoms with van der Waals surface area (Å²) in [4.78, 5) is 29.4. The normalized spacial score (nSPS) is 16.4. The van der Waals surface area contributed by atoms with Gasteiger partial charge in [0.05, 0.1) is 11.7 Å². The zero-order chi connectivity index (χ0) is 25.8. The monoisotopic (exact) mass is 525 g/mol. The molecule has 14 heteroatoms. The predicted molar refractivity (Wildman–Crippen MR) is 116 cm³/mol. The first kappa shape index (κ1) is 27.4. The van der Waals surface area contributed by atoms with Gasteiger partial charge in [-0.1, -0.05) is 12.2 Å². The third-order valence-corrected chi connectivity index (χ3v) is 5.79. The van der Waals surface area contributed by atoms with E-state index in [0.717, 1.165) is 11.1 Å². The summed E-state index contributed by atoms with van der Waals surface area (Å²) in [5.74, 6) is -2.76. The Balaban J connectivity index is 0.000000509. The molecule has 1 fully saturated rings. The van der Waals surface area contributed by atoms with Crippen LogP contribution in [0.25, 0.3) is 0 Å². The van der Waals surface area contributed by atoms with Gasteiger partial charge in [0, 0.05) is 23.8 Å². The highest BCUT2D eigenvalue weighted by Gasteiger charge is 2.40. The van der Waals surface area contributed by atoms with Crippen LogP contribution in [0.1, 0.15) is 18.1 Å². The van der Waals surface area contributed by atoms with Gasteiger partial charge in [-0.2, -0.15) is 26.3 Å².